The number of rotatable bonds is 16. The van der Waals surface area contributed by atoms with Gasteiger partial charge in [0, 0.05) is 30.6 Å². The number of hydrogen-bond acceptors (Lipinski definition) is 9. The summed E-state index contributed by atoms with van der Waals surface area (Å²) in [5, 5.41) is 25.4. The zero-order valence-electron chi connectivity index (χ0n) is 19.2. The molecule has 1 aromatic rings. The molecule has 12 N–H and O–H groups in total. The third-order valence-electron chi connectivity index (χ3n) is 4.73. The Labute approximate surface area is 211 Å². The van der Waals surface area contributed by atoms with E-state index in [-0.39, 0.29) is 31.1 Å². The highest BCUT2D eigenvalue weighted by atomic mass is 32.1. The Morgan fingerprint density at radius 2 is 1.64 bits per heavy atom. The van der Waals surface area contributed by atoms with E-state index in [0.29, 0.717) is 12.1 Å². The smallest absolute Gasteiger partial charge is 0.326 e. The minimum Gasteiger partial charge on any atom is -0.481 e. The van der Waals surface area contributed by atoms with E-state index in [1.165, 1.54) is 12.5 Å². The fourth-order valence-electron chi connectivity index (χ4n) is 2.87. The molecule has 3 amide bonds. The second kappa shape index (κ2) is 15.2. The summed E-state index contributed by atoms with van der Waals surface area (Å²) in [7, 11) is 0. The van der Waals surface area contributed by atoms with Crippen LogP contribution in [0.3, 0.4) is 0 Å². The van der Waals surface area contributed by atoms with Crippen LogP contribution in [0.4, 0.5) is 0 Å². The fourth-order valence-corrected chi connectivity index (χ4v) is 3.13. The van der Waals surface area contributed by atoms with Crippen molar-refractivity contribution in [3.8, 4) is 0 Å². The summed E-state index contributed by atoms with van der Waals surface area (Å²) < 4.78 is 0. The molecule has 0 aliphatic heterocycles. The van der Waals surface area contributed by atoms with Crippen molar-refractivity contribution in [2.24, 2.45) is 22.2 Å². The number of carbonyl (C=O) groups excluding carboxylic acids is 3. The lowest BCUT2D eigenvalue weighted by molar-refractivity contribution is -0.143. The molecular weight excluding hydrogens is 498 g/mol. The van der Waals surface area contributed by atoms with E-state index < -0.39 is 60.2 Å². The Morgan fingerprint density at radius 1 is 1.03 bits per heavy atom. The third-order valence-corrected chi connectivity index (χ3v) is 5.09. The van der Waals surface area contributed by atoms with Gasteiger partial charge in [-0.1, -0.05) is 0 Å². The molecular formula is C19H31N9O7S. The Hall–Kier alpha value is -3.86. The number of H-pyrrole nitrogens is 1. The number of aromatic amines is 1. The first-order chi connectivity index (χ1) is 16.9. The molecule has 1 aromatic heterocycles. The van der Waals surface area contributed by atoms with Gasteiger partial charge in [0.2, 0.25) is 17.7 Å². The Bertz CT molecular complexity index is 938. The van der Waals surface area contributed by atoms with Gasteiger partial charge in [-0.05, 0) is 12.8 Å². The number of carboxylic acids is 2. The average molecular weight is 530 g/mol. The number of aliphatic imine (C=N–C) groups is 1. The number of carboxylic acid groups (broad SMARTS) is 2. The molecule has 0 saturated carbocycles. The summed E-state index contributed by atoms with van der Waals surface area (Å²) in [4.78, 5) is 70.7. The van der Waals surface area contributed by atoms with Gasteiger partial charge in [0.25, 0.3) is 0 Å². The van der Waals surface area contributed by atoms with Gasteiger partial charge >= 0.3 is 11.9 Å². The predicted octanol–water partition coefficient (Wildman–Crippen LogP) is -3.72. The number of thiol groups is 1. The number of aromatic nitrogens is 2. The van der Waals surface area contributed by atoms with E-state index in [4.69, 9.17) is 22.3 Å². The van der Waals surface area contributed by atoms with Crippen molar-refractivity contribution >= 4 is 48.2 Å². The summed E-state index contributed by atoms with van der Waals surface area (Å²) in [5.74, 6) is -5.74. The van der Waals surface area contributed by atoms with Crippen LogP contribution in [-0.2, 0) is 30.4 Å². The highest BCUT2D eigenvalue weighted by molar-refractivity contribution is 7.80. The van der Waals surface area contributed by atoms with Gasteiger partial charge < -0.3 is 48.3 Å². The number of aliphatic carboxylic acids is 2. The number of guanidine groups is 1. The molecule has 4 unspecified atom stereocenters. The molecule has 1 heterocycles. The second-order valence-electron chi connectivity index (χ2n) is 7.64. The molecule has 0 radical (unpaired) electrons. The average Bonchev–Trinajstić information content (AvgIpc) is 3.31. The molecule has 0 aliphatic carbocycles. The van der Waals surface area contributed by atoms with Crippen LogP contribution in [0.5, 0.6) is 0 Å². The van der Waals surface area contributed by atoms with Gasteiger partial charge in [-0.2, -0.15) is 12.6 Å². The number of nitrogens with two attached hydrogens (primary N) is 3. The number of nitrogens with one attached hydrogen (secondary N) is 4. The lowest BCUT2D eigenvalue weighted by Gasteiger charge is -2.23. The van der Waals surface area contributed by atoms with E-state index in [2.05, 4.69) is 43.5 Å². The molecule has 0 spiro atoms. The summed E-state index contributed by atoms with van der Waals surface area (Å²) in [6.07, 6.45) is 2.35. The summed E-state index contributed by atoms with van der Waals surface area (Å²) in [5.41, 5.74) is 16.7. The Kier molecular flexibility index (Phi) is 12.7. The topological polar surface area (TPSA) is 281 Å². The van der Waals surface area contributed by atoms with Crippen molar-refractivity contribution in [3.63, 3.8) is 0 Å². The first-order valence-electron chi connectivity index (χ1n) is 10.7. The fraction of sp³-hybridized carbons (Fsp3) is 0.526. The maximum Gasteiger partial charge on any atom is 0.326 e. The van der Waals surface area contributed by atoms with Crippen molar-refractivity contribution in [1.82, 2.24) is 25.9 Å². The molecule has 36 heavy (non-hydrogen) atoms. The SMILES string of the molecule is NC(N)=NCCCC(N)C(=O)NC(CC(=O)O)C(=O)NC(CS)C(=O)NC(Cc1cnc[nH]1)C(=O)O. The van der Waals surface area contributed by atoms with Gasteiger partial charge in [-0.15, -0.1) is 0 Å². The molecule has 4 atom stereocenters. The monoisotopic (exact) mass is 529 g/mol. The molecule has 0 fully saturated rings. The van der Waals surface area contributed by atoms with Gasteiger partial charge in [0.1, 0.15) is 18.1 Å². The van der Waals surface area contributed by atoms with Crippen molar-refractivity contribution in [1.29, 1.82) is 0 Å². The zero-order chi connectivity index (χ0) is 27.3. The maximum atomic E-state index is 12.7. The van der Waals surface area contributed by atoms with Crippen molar-refractivity contribution < 1.29 is 34.2 Å². The zero-order valence-corrected chi connectivity index (χ0v) is 20.1. The Morgan fingerprint density at radius 3 is 2.17 bits per heavy atom. The highest BCUT2D eigenvalue weighted by Crippen LogP contribution is 2.03. The quantitative estimate of drug-likeness (QED) is 0.0430. The largest absolute Gasteiger partial charge is 0.481 e. The van der Waals surface area contributed by atoms with Crippen LogP contribution >= 0.6 is 12.6 Å². The molecule has 17 heteroatoms. The molecule has 0 aliphatic rings. The van der Waals surface area contributed by atoms with E-state index in [9.17, 15) is 29.1 Å². The number of nitrogens with zero attached hydrogens (tertiary/aromatic N) is 2. The number of carbonyl (C=O) groups is 5. The van der Waals surface area contributed by atoms with Crippen LogP contribution in [0.15, 0.2) is 17.5 Å². The lowest BCUT2D eigenvalue weighted by atomic mass is 10.1. The Balaban J connectivity index is 2.79. The van der Waals surface area contributed by atoms with Crippen LogP contribution in [0.1, 0.15) is 25.0 Å². The molecule has 0 aromatic carbocycles. The van der Waals surface area contributed by atoms with E-state index in [1.807, 2.05) is 0 Å². The van der Waals surface area contributed by atoms with Crippen molar-refractivity contribution in [3.05, 3.63) is 18.2 Å². The van der Waals surface area contributed by atoms with Gasteiger partial charge in [-0.25, -0.2) is 9.78 Å². The minimum atomic E-state index is -1.56. The van der Waals surface area contributed by atoms with Gasteiger partial charge in [-0.3, -0.25) is 24.2 Å². The highest BCUT2D eigenvalue weighted by Gasteiger charge is 2.31. The lowest BCUT2D eigenvalue weighted by Crippen LogP contribution is -2.58. The van der Waals surface area contributed by atoms with E-state index in [1.54, 1.807) is 0 Å². The molecule has 16 nitrogen and oxygen atoms in total. The van der Waals surface area contributed by atoms with Crippen LogP contribution < -0.4 is 33.2 Å². The van der Waals surface area contributed by atoms with Gasteiger partial charge in [0.15, 0.2) is 5.96 Å². The van der Waals surface area contributed by atoms with Crippen LogP contribution in [0.25, 0.3) is 0 Å². The summed E-state index contributed by atoms with van der Waals surface area (Å²) >= 11 is 4.00. The molecule has 0 saturated heterocycles. The number of imidazole rings is 1. The van der Waals surface area contributed by atoms with Crippen LogP contribution in [0.2, 0.25) is 0 Å². The van der Waals surface area contributed by atoms with Crippen molar-refractivity contribution in [2.45, 2.75) is 49.9 Å². The number of amides is 3. The predicted molar refractivity (Wildman–Crippen MR) is 130 cm³/mol. The van der Waals surface area contributed by atoms with E-state index in [0.717, 1.165) is 0 Å². The van der Waals surface area contributed by atoms with Crippen molar-refractivity contribution in [2.75, 3.05) is 12.3 Å². The standard InChI is InChI=1S/C19H31N9O7S/c20-10(2-1-3-24-19(21)22)15(31)26-11(5-14(29)30)16(32)28-13(7-36)17(33)27-12(18(34)35)4-9-6-23-8-25-9/h6,8,10-13,36H,1-5,7,20H2,(H,23,25)(H,26,31)(H,27,33)(H,28,32)(H,29,30)(H,34,35)(H4,21,22,24). The van der Waals surface area contributed by atoms with Crippen LogP contribution in [-0.4, -0.2) is 92.3 Å². The van der Waals surface area contributed by atoms with Crippen LogP contribution in [0, 0.1) is 0 Å². The molecule has 1 rings (SSSR count). The first-order valence-corrected chi connectivity index (χ1v) is 11.3. The summed E-state index contributed by atoms with van der Waals surface area (Å²) in [6.45, 7) is 0.221. The molecule has 200 valence electrons. The maximum absolute atomic E-state index is 12.7. The normalized spacial score (nSPS) is 13.9. The minimum absolute atomic E-state index is 0.104. The second-order valence-corrected chi connectivity index (χ2v) is 8.00. The third kappa shape index (κ3) is 11.0. The van der Waals surface area contributed by atoms with E-state index >= 15 is 0 Å². The number of hydrogen-bond donors (Lipinski definition) is 10. The molecule has 0 bridgehead atoms. The summed E-state index contributed by atoms with van der Waals surface area (Å²) in [6, 6.07) is -5.31. The first kappa shape index (κ1) is 30.2. The van der Waals surface area contributed by atoms with Gasteiger partial charge in [0.05, 0.1) is 18.8 Å².